The van der Waals surface area contributed by atoms with Gasteiger partial charge in [-0.05, 0) is 49.1 Å². The number of hydrogen-bond acceptors (Lipinski definition) is 5. The first-order valence-corrected chi connectivity index (χ1v) is 12.7. The maximum Gasteiger partial charge on any atom is 0.264 e. The minimum Gasteiger partial charge on any atom is -0.492 e. The quantitative estimate of drug-likeness (QED) is 0.421. The first-order chi connectivity index (χ1) is 15.5. The van der Waals surface area contributed by atoms with Gasteiger partial charge < -0.3 is 10.1 Å². The van der Waals surface area contributed by atoms with Crippen LogP contribution in [-0.4, -0.2) is 33.2 Å². The van der Waals surface area contributed by atoms with E-state index in [0.717, 1.165) is 15.0 Å². The molecule has 0 radical (unpaired) electrons. The predicted molar refractivity (Wildman–Crippen MR) is 130 cm³/mol. The van der Waals surface area contributed by atoms with Crippen LogP contribution in [-0.2, 0) is 14.8 Å². The number of rotatable bonds is 10. The van der Waals surface area contributed by atoms with Gasteiger partial charge in [0.15, 0.2) is 0 Å². The maximum atomic E-state index is 13.5. The molecule has 3 aromatic rings. The van der Waals surface area contributed by atoms with Crippen molar-refractivity contribution >= 4 is 39.1 Å². The molecule has 0 aliphatic heterocycles. The topological polar surface area (TPSA) is 75.7 Å². The number of nitrogens with zero attached hydrogens (tertiary/aromatic N) is 1. The van der Waals surface area contributed by atoms with E-state index in [1.54, 1.807) is 60.3 Å². The highest BCUT2D eigenvalue weighted by molar-refractivity contribution is 7.99. The molecule has 0 heterocycles. The molecule has 1 amide bonds. The fourth-order valence-corrected chi connectivity index (χ4v) is 5.34. The molecule has 6 nitrogen and oxygen atoms in total. The zero-order valence-corrected chi connectivity index (χ0v) is 19.7. The lowest BCUT2D eigenvalue weighted by molar-refractivity contribution is -0.114. The van der Waals surface area contributed by atoms with Crippen molar-refractivity contribution in [3.8, 4) is 5.75 Å². The van der Waals surface area contributed by atoms with Crippen molar-refractivity contribution in [3.05, 3.63) is 78.9 Å². The third-order valence-corrected chi connectivity index (χ3v) is 7.24. The van der Waals surface area contributed by atoms with Crippen LogP contribution < -0.4 is 14.4 Å². The minimum absolute atomic E-state index is 0.0982. The summed E-state index contributed by atoms with van der Waals surface area (Å²) in [5.74, 6) is 0.799. The predicted octanol–water partition coefficient (Wildman–Crippen LogP) is 5.03. The minimum atomic E-state index is -4.02. The lowest BCUT2D eigenvalue weighted by atomic mass is 10.3. The molecule has 0 saturated heterocycles. The van der Waals surface area contributed by atoms with Crippen molar-refractivity contribution < 1.29 is 17.9 Å². The number of amides is 1. The Bertz CT molecular complexity index is 1150. The highest BCUT2D eigenvalue weighted by atomic mass is 32.2. The van der Waals surface area contributed by atoms with Crippen molar-refractivity contribution in [1.82, 2.24) is 0 Å². The lowest BCUT2D eigenvalue weighted by Crippen LogP contribution is -2.38. The second-order valence-electron chi connectivity index (χ2n) is 6.70. The number of hydrogen-bond donors (Lipinski definition) is 1. The summed E-state index contributed by atoms with van der Waals surface area (Å²) in [6.07, 6.45) is 0. The van der Waals surface area contributed by atoms with E-state index in [0.29, 0.717) is 23.7 Å². The van der Waals surface area contributed by atoms with Gasteiger partial charge in [-0.25, -0.2) is 8.42 Å². The smallest absolute Gasteiger partial charge is 0.264 e. The third kappa shape index (κ3) is 5.63. The second-order valence-corrected chi connectivity index (χ2v) is 9.87. The van der Waals surface area contributed by atoms with Gasteiger partial charge in [0.1, 0.15) is 12.3 Å². The van der Waals surface area contributed by atoms with Crippen molar-refractivity contribution in [2.45, 2.75) is 23.6 Å². The summed E-state index contributed by atoms with van der Waals surface area (Å²) in [7, 11) is -4.02. The summed E-state index contributed by atoms with van der Waals surface area (Å²) in [5, 5.41) is 2.86. The van der Waals surface area contributed by atoms with E-state index in [4.69, 9.17) is 4.74 Å². The Hall–Kier alpha value is -2.97. The molecule has 0 saturated carbocycles. The van der Waals surface area contributed by atoms with Gasteiger partial charge in [0.05, 0.1) is 22.9 Å². The van der Waals surface area contributed by atoms with Gasteiger partial charge in [0.25, 0.3) is 10.0 Å². The molecule has 0 bridgehead atoms. The molecule has 8 heteroatoms. The molecule has 0 fully saturated rings. The van der Waals surface area contributed by atoms with E-state index in [-0.39, 0.29) is 4.90 Å². The number of ether oxygens (including phenoxy) is 1. The average Bonchev–Trinajstić information content (AvgIpc) is 2.80. The van der Waals surface area contributed by atoms with Gasteiger partial charge in [-0.1, -0.05) is 49.4 Å². The van der Waals surface area contributed by atoms with Gasteiger partial charge in [0, 0.05) is 4.90 Å². The fraction of sp³-hybridized carbons (Fsp3) is 0.208. The Morgan fingerprint density at radius 2 is 1.59 bits per heavy atom. The van der Waals surface area contributed by atoms with Gasteiger partial charge in [-0.15, -0.1) is 11.8 Å². The standard InChI is InChI=1S/C24H26N2O4S2/c1-3-30-22-16-10-9-15-21(22)26(32(28,29)19-12-6-5-7-13-19)18-24(27)25-20-14-8-11-17-23(20)31-4-2/h5-17H,3-4,18H2,1-2H3,(H,25,27). The fourth-order valence-electron chi connectivity index (χ4n) is 3.13. The molecular formula is C24H26N2O4S2. The molecule has 168 valence electrons. The van der Waals surface area contributed by atoms with Crippen LogP contribution in [0.4, 0.5) is 11.4 Å². The Labute approximate surface area is 193 Å². The van der Waals surface area contributed by atoms with E-state index >= 15 is 0 Å². The SMILES string of the molecule is CCOc1ccccc1N(CC(=O)Nc1ccccc1SCC)S(=O)(=O)c1ccccc1. The van der Waals surface area contributed by atoms with Crippen molar-refractivity contribution in [1.29, 1.82) is 0 Å². The molecule has 3 rings (SSSR count). The van der Waals surface area contributed by atoms with E-state index in [1.807, 2.05) is 32.0 Å². The number of carbonyl (C=O) groups excluding carboxylic acids is 1. The van der Waals surface area contributed by atoms with E-state index in [9.17, 15) is 13.2 Å². The largest absolute Gasteiger partial charge is 0.492 e. The average molecular weight is 471 g/mol. The molecular weight excluding hydrogens is 444 g/mol. The molecule has 3 aromatic carbocycles. The number of anilines is 2. The Morgan fingerprint density at radius 3 is 2.31 bits per heavy atom. The van der Waals surface area contributed by atoms with Crippen LogP contribution in [0, 0.1) is 0 Å². The van der Waals surface area contributed by atoms with Gasteiger partial charge in [-0.2, -0.15) is 0 Å². The number of carbonyl (C=O) groups is 1. The van der Waals surface area contributed by atoms with Crippen LogP contribution >= 0.6 is 11.8 Å². The molecule has 0 unspecified atom stereocenters. The van der Waals surface area contributed by atoms with Crippen molar-refractivity contribution in [2.24, 2.45) is 0 Å². The Morgan fingerprint density at radius 1 is 0.938 bits per heavy atom. The third-order valence-electron chi connectivity index (χ3n) is 4.51. The zero-order chi connectivity index (χ0) is 23.0. The van der Waals surface area contributed by atoms with Crippen molar-refractivity contribution in [3.63, 3.8) is 0 Å². The molecule has 0 aliphatic carbocycles. The van der Waals surface area contributed by atoms with Crippen LogP contribution in [0.15, 0.2) is 88.7 Å². The van der Waals surface area contributed by atoms with Crippen LogP contribution in [0.1, 0.15) is 13.8 Å². The molecule has 0 aromatic heterocycles. The Balaban J connectivity index is 1.98. The maximum absolute atomic E-state index is 13.5. The van der Waals surface area contributed by atoms with E-state index in [2.05, 4.69) is 5.32 Å². The van der Waals surface area contributed by atoms with E-state index in [1.165, 1.54) is 12.1 Å². The molecule has 0 atom stereocenters. The lowest BCUT2D eigenvalue weighted by Gasteiger charge is -2.26. The van der Waals surface area contributed by atoms with Crippen LogP contribution in [0.3, 0.4) is 0 Å². The van der Waals surface area contributed by atoms with Crippen LogP contribution in [0.5, 0.6) is 5.75 Å². The summed E-state index contributed by atoms with van der Waals surface area (Å²) < 4.78 is 33.8. The van der Waals surface area contributed by atoms with Crippen LogP contribution in [0.25, 0.3) is 0 Å². The number of nitrogens with one attached hydrogen (secondary N) is 1. The zero-order valence-electron chi connectivity index (χ0n) is 18.0. The second kappa shape index (κ2) is 11.1. The number of thioether (sulfide) groups is 1. The number of sulfonamides is 1. The highest BCUT2D eigenvalue weighted by Gasteiger charge is 2.29. The summed E-state index contributed by atoms with van der Waals surface area (Å²) in [6, 6.07) is 22.3. The summed E-state index contributed by atoms with van der Waals surface area (Å²) in [4.78, 5) is 14.1. The van der Waals surface area contributed by atoms with Gasteiger partial charge in [-0.3, -0.25) is 9.10 Å². The normalized spacial score (nSPS) is 11.1. The Kier molecular flexibility index (Phi) is 8.19. The summed E-state index contributed by atoms with van der Waals surface area (Å²) in [5.41, 5.74) is 0.962. The van der Waals surface area contributed by atoms with Crippen molar-refractivity contribution in [2.75, 3.05) is 28.5 Å². The molecule has 32 heavy (non-hydrogen) atoms. The molecule has 0 spiro atoms. The first kappa shape index (κ1) is 23.7. The highest BCUT2D eigenvalue weighted by Crippen LogP contribution is 2.33. The summed E-state index contributed by atoms with van der Waals surface area (Å²) >= 11 is 1.60. The summed E-state index contributed by atoms with van der Waals surface area (Å²) in [6.45, 7) is 3.82. The number of benzene rings is 3. The monoisotopic (exact) mass is 470 g/mol. The van der Waals surface area contributed by atoms with Gasteiger partial charge in [0.2, 0.25) is 5.91 Å². The van der Waals surface area contributed by atoms with Gasteiger partial charge >= 0.3 is 0 Å². The van der Waals surface area contributed by atoms with Crippen LogP contribution in [0.2, 0.25) is 0 Å². The molecule has 1 N–H and O–H groups in total. The molecule has 0 aliphatic rings. The number of para-hydroxylation sites is 3. The van der Waals surface area contributed by atoms with E-state index < -0.39 is 22.5 Å². The first-order valence-electron chi connectivity index (χ1n) is 10.3.